The third-order valence-corrected chi connectivity index (χ3v) is 3.69. The van der Waals surface area contributed by atoms with Crippen molar-refractivity contribution in [3.05, 3.63) is 29.3 Å². The summed E-state index contributed by atoms with van der Waals surface area (Å²) in [5.74, 6) is 0.313. The average molecular weight is 241 g/mol. The minimum Gasteiger partial charge on any atom is -0.434 e. The zero-order valence-electron chi connectivity index (χ0n) is 9.88. The summed E-state index contributed by atoms with van der Waals surface area (Å²) < 4.78 is 29.6. The van der Waals surface area contributed by atoms with Gasteiger partial charge in [-0.3, -0.25) is 0 Å². The molecule has 2 N–H and O–H groups in total. The van der Waals surface area contributed by atoms with E-state index in [9.17, 15) is 8.78 Å². The Labute approximate surface area is 99.8 Å². The van der Waals surface area contributed by atoms with Gasteiger partial charge in [-0.05, 0) is 25.3 Å². The van der Waals surface area contributed by atoms with Crippen molar-refractivity contribution in [1.29, 1.82) is 0 Å². The first-order valence-electron chi connectivity index (χ1n) is 5.84. The van der Waals surface area contributed by atoms with Crippen LogP contribution in [0.5, 0.6) is 5.75 Å². The van der Waals surface area contributed by atoms with Crippen LogP contribution >= 0.6 is 0 Å². The number of hydrogen-bond donors (Lipinski definition) is 1. The molecule has 0 saturated heterocycles. The summed E-state index contributed by atoms with van der Waals surface area (Å²) in [7, 11) is 0. The number of aryl methyl sites for hydroxylation is 1. The topological polar surface area (TPSA) is 35.2 Å². The van der Waals surface area contributed by atoms with Crippen LogP contribution in [-0.2, 0) is 5.41 Å². The standard InChI is InChI=1S/C13H17F2NO/c1-9-4-2-5-10(11(9)17-12(14)15)13(8-16)6-3-7-13/h2,4-5,12H,3,6-8,16H2,1H3. The summed E-state index contributed by atoms with van der Waals surface area (Å²) >= 11 is 0. The molecular formula is C13H17F2NO. The Bertz CT molecular complexity index is 397. The maximum atomic E-state index is 12.4. The highest BCUT2D eigenvalue weighted by molar-refractivity contribution is 5.46. The maximum Gasteiger partial charge on any atom is 0.387 e. The third kappa shape index (κ3) is 2.14. The molecule has 4 heteroatoms. The van der Waals surface area contributed by atoms with Crippen molar-refractivity contribution in [3.63, 3.8) is 0 Å². The van der Waals surface area contributed by atoms with Gasteiger partial charge in [-0.15, -0.1) is 0 Å². The van der Waals surface area contributed by atoms with E-state index in [1.807, 2.05) is 12.1 Å². The lowest BCUT2D eigenvalue weighted by Gasteiger charge is -2.42. The molecule has 1 aliphatic rings. The molecule has 0 aliphatic heterocycles. The zero-order chi connectivity index (χ0) is 12.5. The van der Waals surface area contributed by atoms with Gasteiger partial charge in [0.05, 0.1) is 0 Å². The second-order valence-corrected chi connectivity index (χ2v) is 4.67. The first-order valence-corrected chi connectivity index (χ1v) is 5.84. The fourth-order valence-electron chi connectivity index (χ4n) is 2.50. The van der Waals surface area contributed by atoms with Crippen LogP contribution in [0.25, 0.3) is 0 Å². The highest BCUT2D eigenvalue weighted by atomic mass is 19.3. The van der Waals surface area contributed by atoms with Crippen molar-refractivity contribution in [2.75, 3.05) is 6.54 Å². The highest BCUT2D eigenvalue weighted by Crippen LogP contribution is 2.47. The smallest absolute Gasteiger partial charge is 0.387 e. The van der Waals surface area contributed by atoms with E-state index in [-0.39, 0.29) is 5.41 Å². The Kier molecular flexibility index (Phi) is 3.33. The van der Waals surface area contributed by atoms with Crippen molar-refractivity contribution in [2.45, 2.75) is 38.2 Å². The fraction of sp³-hybridized carbons (Fsp3) is 0.538. The van der Waals surface area contributed by atoms with Crippen LogP contribution in [0.3, 0.4) is 0 Å². The van der Waals surface area contributed by atoms with Crippen molar-refractivity contribution in [2.24, 2.45) is 5.73 Å². The molecule has 0 radical (unpaired) electrons. The molecule has 1 aliphatic carbocycles. The van der Waals surface area contributed by atoms with Gasteiger partial charge < -0.3 is 10.5 Å². The summed E-state index contributed by atoms with van der Waals surface area (Å²) in [6, 6.07) is 5.51. The van der Waals surface area contributed by atoms with Crippen LogP contribution < -0.4 is 10.5 Å². The van der Waals surface area contributed by atoms with Gasteiger partial charge in [-0.25, -0.2) is 0 Å². The predicted octanol–water partition coefficient (Wildman–Crippen LogP) is 2.98. The van der Waals surface area contributed by atoms with E-state index in [4.69, 9.17) is 5.73 Å². The van der Waals surface area contributed by atoms with Crippen LogP contribution in [-0.4, -0.2) is 13.2 Å². The molecule has 94 valence electrons. The second kappa shape index (κ2) is 4.61. The van der Waals surface area contributed by atoms with E-state index >= 15 is 0 Å². The Morgan fingerprint density at radius 1 is 1.41 bits per heavy atom. The second-order valence-electron chi connectivity index (χ2n) is 4.67. The van der Waals surface area contributed by atoms with Crippen LogP contribution in [0, 0.1) is 6.92 Å². The fourth-order valence-corrected chi connectivity index (χ4v) is 2.50. The molecule has 2 nitrogen and oxygen atoms in total. The van der Waals surface area contributed by atoms with Crippen molar-refractivity contribution in [3.8, 4) is 5.75 Å². The largest absolute Gasteiger partial charge is 0.434 e. The van der Waals surface area contributed by atoms with E-state index < -0.39 is 6.61 Å². The monoisotopic (exact) mass is 241 g/mol. The molecule has 0 spiro atoms. The van der Waals surface area contributed by atoms with Gasteiger partial charge in [0.2, 0.25) is 0 Å². The molecule has 1 fully saturated rings. The average Bonchev–Trinajstić information content (AvgIpc) is 2.21. The number of ether oxygens (including phenoxy) is 1. The molecule has 1 aromatic rings. The molecule has 2 rings (SSSR count). The van der Waals surface area contributed by atoms with E-state index in [1.54, 1.807) is 13.0 Å². The van der Waals surface area contributed by atoms with Crippen LogP contribution in [0.2, 0.25) is 0 Å². The van der Waals surface area contributed by atoms with Gasteiger partial charge in [0.25, 0.3) is 0 Å². The summed E-state index contributed by atoms with van der Waals surface area (Å²) in [6.45, 7) is -0.523. The first kappa shape index (κ1) is 12.3. The van der Waals surface area contributed by atoms with Crippen LogP contribution in [0.15, 0.2) is 18.2 Å². The molecule has 0 heterocycles. The normalized spacial score (nSPS) is 17.9. The van der Waals surface area contributed by atoms with Crippen molar-refractivity contribution in [1.82, 2.24) is 0 Å². The Morgan fingerprint density at radius 3 is 2.59 bits per heavy atom. The SMILES string of the molecule is Cc1cccc(C2(CN)CCC2)c1OC(F)F. The molecular weight excluding hydrogens is 224 g/mol. The number of benzene rings is 1. The number of rotatable bonds is 4. The summed E-state index contributed by atoms with van der Waals surface area (Å²) in [4.78, 5) is 0. The van der Waals surface area contributed by atoms with Gasteiger partial charge in [-0.1, -0.05) is 24.6 Å². The van der Waals surface area contributed by atoms with Gasteiger partial charge in [0.15, 0.2) is 0 Å². The number of halogens is 2. The van der Waals surface area contributed by atoms with Crippen molar-refractivity contribution >= 4 is 0 Å². The number of para-hydroxylation sites is 1. The molecule has 0 bridgehead atoms. The number of hydrogen-bond acceptors (Lipinski definition) is 2. The van der Waals surface area contributed by atoms with Gasteiger partial charge >= 0.3 is 6.61 Å². The zero-order valence-corrected chi connectivity index (χ0v) is 9.88. The minimum atomic E-state index is -2.79. The predicted molar refractivity (Wildman–Crippen MR) is 62.4 cm³/mol. The number of alkyl halides is 2. The minimum absolute atomic E-state index is 0.157. The molecule has 17 heavy (non-hydrogen) atoms. The Hall–Kier alpha value is -1.16. The molecule has 1 aromatic carbocycles. The first-order chi connectivity index (χ1) is 8.09. The van der Waals surface area contributed by atoms with Crippen LogP contribution in [0.4, 0.5) is 8.78 Å². The van der Waals surface area contributed by atoms with E-state index in [0.29, 0.717) is 12.3 Å². The van der Waals surface area contributed by atoms with Gasteiger partial charge in [0.1, 0.15) is 5.75 Å². The molecule has 0 aromatic heterocycles. The number of nitrogens with two attached hydrogens (primary N) is 1. The lowest BCUT2D eigenvalue weighted by molar-refractivity contribution is -0.0519. The molecule has 0 atom stereocenters. The Balaban J connectivity index is 2.42. The molecule has 0 unspecified atom stereocenters. The highest BCUT2D eigenvalue weighted by Gasteiger charge is 2.40. The summed E-state index contributed by atoms with van der Waals surface area (Å²) in [6.07, 6.45) is 3.00. The van der Waals surface area contributed by atoms with Crippen molar-refractivity contribution < 1.29 is 13.5 Å². The van der Waals surface area contributed by atoms with Gasteiger partial charge in [-0.2, -0.15) is 8.78 Å². The summed E-state index contributed by atoms with van der Waals surface area (Å²) in [5.41, 5.74) is 7.23. The summed E-state index contributed by atoms with van der Waals surface area (Å²) in [5, 5.41) is 0. The quantitative estimate of drug-likeness (QED) is 0.879. The van der Waals surface area contributed by atoms with Crippen LogP contribution in [0.1, 0.15) is 30.4 Å². The lowest BCUT2D eigenvalue weighted by atomic mass is 9.64. The molecule has 0 amide bonds. The van der Waals surface area contributed by atoms with E-state index in [0.717, 1.165) is 30.4 Å². The maximum absolute atomic E-state index is 12.4. The molecule has 1 saturated carbocycles. The lowest BCUT2D eigenvalue weighted by Crippen LogP contribution is -2.42. The Morgan fingerprint density at radius 2 is 2.12 bits per heavy atom. The van der Waals surface area contributed by atoms with Gasteiger partial charge in [0, 0.05) is 17.5 Å². The third-order valence-electron chi connectivity index (χ3n) is 3.69. The van der Waals surface area contributed by atoms with E-state index in [1.165, 1.54) is 0 Å². The van der Waals surface area contributed by atoms with E-state index in [2.05, 4.69) is 4.74 Å².